The molecule has 0 aliphatic rings. The fourth-order valence-corrected chi connectivity index (χ4v) is 3.61. The summed E-state index contributed by atoms with van der Waals surface area (Å²) >= 11 is 0. The Bertz CT molecular complexity index is 1230. The summed E-state index contributed by atoms with van der Waals surface area (Å²) in [5.41, 5.74) is 8.04. The average Bonchev–Trinajstić information content (AvgIpc) is 2.78. The smallest absolute Gasteiger partial charge is 0.0897 e. The molecule has 0 aliphatic heterocycles. The molecule has 0 amide bonds. The van der Waals surface area contributed by atoms with Gasteiger partial charge < -0.3 is 0 Å². The van der Waals surface area contributed by atoms with Crippen molar-refractivity contribution in [1.82, 2.24) is 15.0 Å². The highest BCUT2D eigenvalue weighted by atomic mass is 14.8. The summed E-state index contributed by atoms with van der Waals surface area (Å²) in [6, 6.07) is 25.0. The van der Waals surface area contributed by atoms with E-state index < -0.39 is 0 Å². The lowest BCUT2D eigenvalue weighted by atomic mass is 9.85. The maximum Gasteiger partial charge on any atom is 0.0897 e. The number of aromatic nitrogens is 3. The first kappa shape index (κ1) is 21.9. The van der Waals surface area contributed by atoms with Crippen molar-refractivity contribution in [1.29, 1.82) is 0 Å². The van der Waals surface area contributed by atoms with Crippen molar-refractivity contribution in [2.75, 3.05) is 0 Å². The van der Waals surface area contributed by atoms with Crippen LogP contribution in [-0.2, 0) is 10.8 Å². The van der Waals surface area contributed by atoms with E-state index in [1.54, 1.807) is 0 Å². The standard InChI is InChI=1S/C29H31N3/c1-28(2,3)21-15-16-30-25(17-21)27-19-22(29(4,5)6)18-26(32-27)24-14-10-13-23(31-24)20-11-8-7-9-12-20/h7-19H,1-6H3. The molecule has 3 nitrogen and oxygen atoms in total. The molecule has 0 spiro atoms. The van der Waals surface area contributed by atoms with Crippen LogP contribution in [0.25, 0.3) is 34.0 Å². The summed E-state index contributed by atoms with van der Waals surface area (Å²) in [5, 5.41) is 0. The minimum Gasteiger partial charge on any atom is -0.255 e. The molecule has 1 aromatic carbocycles. The molecular weight excluding hydrogens is 390 g/mol. The molecule has 4 aromatic rings. The average molecular weight is 422 g/mol. The summed E-state index contributed by atoms with van der Waals surface area (Å²) in [5.74, 6) is 0. The van der Waals surface area contributed by atoms with E-state index in [1.165, 1.54) is 11.1 Å². The minimum absolute atomic E-state index is 0.0227. The van der Waals surface area contributed by atoms with Gasteiger partial charge in [-0.05, 0) is 58.4 Å². The number of nitrogens with zero attached hydrogens (tertiary/aromatic N) is 3. The van der Waals surface area contributed by atoms with E-state index >= 15 is 0 Å². The Morgan fingerprint density at radius 2 is 1.06 bits per heavy atom. The zero-order chi connectivity index (χ0) is 22.9. The van der Waals surface area contributed by atoms with Gasteiger partial charge in [0.25, 0.3) is 0 Å². The lowest BCUT2D eigenvalue weighted by Crippen LogP contribution is -2.13. The highest BCUT2D eigenvalue weighted by Crippen LogP contribution is 2.32. The van der Waals surface area contributed by atoms with Crippen molar-refractivity contribution >= 4 is 0 Å². The molecular formula is C29H31N3. The van der Waals surface area contributed by atoms with Gasteiger partial charge in [0.05, 0.1) is 28.5 Å². The van der Waals surface area contributed by atoms with Crippen molar-refractivity contribution in [2.24, 2.45) is 0 Å². The van der Waals surface area contributed by atoms with Crippen LogP contribution >= 0.6 is 0 Å². The molecule has 0 saturated heterocycles. The van der Waals surface area contributed by atoms with E-state index in [0.29, 0.717) is 0 Å². The largest absolute Gasteiger partial charge is 0.255 e. The van der Waals surface area contributed by atoms with Gasteiger partial charge in [0, 0.05) is 11.8 Å². The molecule has 0 fully saturated rings. The third-order valence-electron chi connectivity index (χ3n) is 5.66. The highest BCUT2D eigenvalue weighted by Gasteiger charge is 2.20. The zero-order valence-corrected chi connectivity index (χ0v) is 19.8. The van der Waals surface area contributed by atoms with Crippen LogP contribution in [0.4, 0.5) is 0 Å². The quantitative estimate of drug-likeness (QED) is 0.344. The molecule has 3 aromatic heterocycles. The first-order valence-electron chi connectivity index (χ1n) is 11.1. The Morgan fingerprint density at radius 1 is 0.500 bits per heavy atom. The first-order chi connectivity index (χ1) is 15.1. The molecule has 4 rings (SSSR count). The Balaban J connectivity index is 1.86. The van der Waals surface area contributed by atoms with Crippen LogP contribution in [-0.4, -0.2) is 15.0 Å². The van der Waals surface area contributed by atoms with Crippen LogP contribution in [0.1, 0.15) is 52.7 Å². The Hall–Kier alpha value is -3.33. The van der Waals surface area contributed by atoms with Crippen LogP contribution in [0.2, 0.25) is 0 Å². The van der Waals surface area contributed by atoms with Crippen molar-refractivity contribution in [3.05, 3.63) is 90.1 Å². The molecule has 0 saturated carbocycles. The van der Waals surface area contributed by atoms with E-state index in [-0.39, 0.29) is 10.8 Å². The van der Waals surface area contributed by atoms with Crippen molar-refractivity contribution in [3.63, 3.8) is 0 Å². The topological polar surface area (TPSA) is 38.7 Å². The minimum atomic E-state index is -0.0227. The van der Waals surface area contributed by atoms with Crippen LogP contribution in [0, 0.1) is 0 Å². The monoisotopic (exact) mass is 421 g/mol. The second kappa shape index (κ2) is 8.31. The van der Waals surface area contributed by atoms with E-state index in [0.717, 1.165) is 34.0 Å². The van der Waals surface area contributed by atoms with Crippen LogP contribution in [0.3, 0.4) is 0 Å². The molecule has 162 valence electrons. The van der Waals surface area contributed by atoms with Gasteiger partial charge in [-0.3, -0.25) is 4.98 Å². The van der Waals surface area contributed by atoms with Crippen LogP contribution in [0.15, 0.2) is 79.0 Å². The highest BCUT2D eigenvalue weighted by molar-refractivity contribution is 5.68. The SMILES string of the molecule is CC(C)(C)c1ccnc(-c2cc(C(C)(C)C)cc(-c3cccc(-c4ccccc4)n3)n2)c1. The van der Waals surface area contributed by atoms with Gasteiger partial charge >= 0.3 is 0 Å². The molecule has 0 atom stereocenters. The van der Waals surface area contributed by atoms with Gasteiger partial charge in [-0.15, -0.1) is 0 Å². The lowest BCUT2D eigenvalue weighted by molar-refractivity contribution is 0.588. The van der Waals surface area contributed by atoms with Crippen molar-refractivity contribution < 1.29 is 0 Å². The second-order valence-electron chi connectivity index (χ2n) is 10.3. The zero-order valence-electron chi connectivity index (χ0n) is 19.8. The van der Waals surface area contributed by atoms with Crippen molar-refractivity contribution in [2.45, 2.75) is 52.4 Å². The van der Waals surface area contributed by atoms with Gasteiger partial charge in [-0.2, -0.15) is 0 Å². The molecule has 0 N–H and O–H groups in total. The van der Waals surface area contributed by atoms with Crippen molar-refractivity contribution in [3.8, 4) is 34.0 Å². The maximum absolute atomic E-state index is 5.02. The lowest BCUT2D eigenvalue weighted by Gasteiger charge is -2.22. The summed E-state index contributed by atoms with van der Waals surface area (Å²) in [6.45, 7) is 13.3. The van der Waals surface area contributed by atoms with Gasteiger partial charge in [-0.25, -0.2) is 9.97 Å². The molecule has 0 unspecified atom stereocenters. The summed E-state index contributed by atoms with van der Waals surface area (Å²) in [7, 11) is 0. The third kappa shape index (κ3) is 4.77. The van der Waals surface area contributed by atoms with Gasteiger partial charge in [-0.1, -0.05) is 77.9 Å². The molecule has 32 heavy (non-hydrogen) atoms. The Morgan fingerprint density at radius 3 is 1.72 bits per heavy atom. The van der Waals surface area contributed by atoms with E-state index in [4.69, 9.17) is 9.97 Å². The second-order valence-corrected chi connectivity index (χ2v) is 10.3. The number of benzene rings is 1. The maximum atomic E-state index is 5.02. The molecule has 3 heteroatoms. The van der Waals surface area contributed by atoms with E-state index in [9.17, 15) is 0 Å². The number of pyridine rings is 3. The first-order valence-corrected chi connectivity index (χ1v) is 11.1. The molecule has 0 radical (unpaired) electrons. The van der Waals surface area contributed by atoms with E-state index in [1.807, 2.05) is 42.6 Å². The number of hydrogen-bond acceptors (Lipinski definition) is 3. The van der Waals surface area contributed by atoms with Crippen LogP contribution < -0.4 is 0 Å². The summed E-state index contributed by atoms with van der Waals surface area (Å²) < 4.78 is 0. The normalized spacial score (nSPS) is 12.1. The predicted molar refractivity (Wildman–Crippen MR) is 134 cm³/mol. The Kier molecular flexibility index (Phi) is 5.68. The fourth-order valence-electron chi connectivity index (χ4n) is 3.61. The summed E-state index contributed by atoms with van der Waals surface area (Å²) in [6.07, 6.45) is 1.88. The number of rotatable bonds is 3. The molecule has 0 aliphatic carbocycles. The van der Waals surface area contributed by atoms with E-state index in [2.05, 4.69) is 82.9 Å². The fraction of sp³-hybridized carbons (Fsp3) is 0.276. The number of hydrogen-bond donors (Lipinski definition) is 0. The van der Waals surface area contributed by atoms with Gasteiger partial charge in [0.15, 0.2) is 0 Å². The van der Waals surface area contributed by atoms with Crippen LogP contribution in [0.5, 0.6) is 0 Å². The molecule has 3 heterocycles. The van der Waals surface area contributed by atoms with Gasteiger partial charge in [0.2, 0.25) is 0 Å². The predicted octanol–water partition coefficient (Wildman–Crippen LogP) is 7.47. The Labute approximate surface area is 191 Å². The molecule has 0 bridgehead atoms. The third-order valence-corrected chi connectivity index (χ3v) is 5.66. The summed E-state index contributed by atoms with van der Waals surface area (Å²) in [4.78, 5) is 14.6. The van der Waals surface area contributed by atoms with Gasteiger partial charge in [0.1, 0.15) is 0 Å².